The van der Waals surface area contributed by atoms with Gasteiger partial charge in [-0.05, 0) is 70.6 Å². The number of carbonyl (C=O) groups excluding carboxylic acids is 1. The molecule has 0 saturated heterocycles. The summed E-state index contributed by atoms with van der Waals surface area (Å²) >= 11 is 14.8. The van der Waals surface area contributed by atoms with Crippen LogP contribution in [0.25, 0.3) is 11.3 Å². The molecule has 1 aromatic heterocycles. The number of amides is 1. The van der Waals surface area contributed by atoms with Crippen LogP contribution in [0.15, 0.2) is 63.5 Å². The number of halogens is 2. The molecule has 0 fully saturated rings. The quantitative estimate of drug-likeness (QED) is 0.474. The van der Waals surface area contributed by atoms with Crippen LogP contribution in [0.1, 0.15) is 16.1 Å². The smallest absolute Gasteiger partial charge is 0.258 e. The van der Waals surface area contributed by atoms with Crippen LogP contribution < -0.4 is 10.6 Å². The Morgan fingerprint density at radius 1 is 1.19 bits per heavy atom. The molecule has 0 saturated carbocycles. The van der Waals surface area contributed by atoms with E-state index in [9.17, 15) is 4.79 Å². The van der Waals surface area contributed by atoms with Crippen molar-refractivity contribution in [3.05, 3.63) is 75.4 Å². The van der Waals surface area contributed by atoms with Crippen molar-refractivity contribution in [1.29, 1.82) is 0 Å². The highest BCUT2D eigenvalue weighted by Gasteiger charge is 2.13. The Bertz CT molecular complexity index is 1010. The standard InChI is InChI=1S/C19H14BrClN2O3S/c20-14-4-2-1-3-13(14)18(25)23-19(27)22-16-9-11(5-7-15(16)21)17-8-6-12(10-24)26-17/h1-9,24H,10H2,(H2,22,23,25,27). The number of aliphatic hydroxyl groups is 1. The fourth-order valence-corrected chi connectivity index (χ4v) is 3.19. The minimum absolute atomic E-state index is 0.116. The molecule has 0 spiro atoms. The largest absolute Gasteiger partial charge is 0.459 e. The van der Waals surface area contributed by atoms with E-state index in [0.29, 0.717) is 32.3 Å². The summed E-state index contributed by atoms with van der Waals surface area (Å²) in [6, 6.07) is 15.7. The average Bonchev–Trinajstić information content (AvgIpc) is 3.13. The molecule has 0 aliphatic heterocycles. The molecule has 3 aromatic rings. The number of hydrogen-bond donors (Lipinski definition) is 3. The van der Waals surface area contributed by atoms with Gasteiger partial charge in [0.25, 0.3) is 5.91 Å². The fraction of sp³-hybridized carbons (Fsp3) is 0.0526. The Hall–Kier alpha value is -2.19. The first-order valence-corrected chi connectivity index (χ1v) is 9.42. The summed E-state index contributed by atoms with van der Waals surface area (Å²) in [7, 11) is 0. The molecule has 27 heavy (non-hydrogen) atoms. The maximum Gasteiger partial charge on any atom is 0.258 e. The van der Waals surface area contributed by atoms with E-state index < -0.39 is 0 Å². The van der Waals surface area contributed by atoms with Gasteiger partial charge in [0.1, 0.15) is 18.1 Å². The summed E-state index contributed by atoms with van der Waals surface area (Å²) in [5, 5.41) is 15.2. The Morgan fingerprint density at radius 2 is 1.96 bits per heavy atom. The molecule has 3 N–H and O–H groups in total. The van der Waals surface area contributed by atoms with Crippen molar-refractivity contribution >= 4 is 56.5 Å². The van der Waals surface area contributed by atoms with Gasteiger partial charge in [-0.25, -0.2) is 0 Å². The normalized spacial score (nSPS) is 10.5. The number of aliphatic hydroxyl groups excluding tert-OH is 1. The molecular weight excluding hydrogens is 452 g/mol. The molecule has 0 bridgehead atoms. The van der Waals surface area contributed by atoms with Gasteiger partial charge in [0, 0.05) is 10.0 Å². The number of hydrogen-bond acceptors (Lipinski definition) is 4. The van der Waals surface area contributed by atoms with Crippen LogP contribution in [0.4, 0.5) is 5.69 Å². The predicted molar refractivity (Wildman–Crippen MR) is 113 cm³/mol. The third-order valence-electron chi connectivity index (χ3n) is 3.66. The van der Waals surface area contributed by atoms with Crippen LogP contribution in [0.3, 0.4) is 0 Å². The second-order valence-corrected chi connectivity index (χ2v) is 7.18. The molecule has 2 aromatic carbocycles. The Balaban J connectivity index is 1.74. The van der Waals surface area contributed by atoms with Crippen molar-refractivity contribution in [2.24, 2.45) is 0 Å². The molecule has 3 rings (SSSR count). The molecular formula is C19H14BrClN2O3S. The number of anilines is 1. The van der Waals surface area contributed by atoms with E-state index in [-0.39, 0.29) is 17.6 Å². The number of rotatable bonds is 4. The van der Waals surface area contributed by atoms with Crippen molar-refractivity contribution in [2.75, 3.05) is 5.32 Å². The van der Waals surface area contributed by atoms with Gasteiger partial charge in [0.15, 0.2) is 5.11 Å². The van der Waals surface area contributed by atoms with Crippen LogP contribution in [0, 0.1) is 0 Å². The maximum absolute atomic E-state index is 12.3. The van der Waals surface area contributed by atoms with E-state index in [0.717, 1.165) is 5.56 Å². The number of nitrogens with one attached hydrogen (secondary N) is 2. The van der Waals surface area contributed by atoms with Gasteiger partial charge in [0.2, 0.25) is 0 Å². The van der Waals surface area contributed by atoms with Crippen molar-refractivity contribution < 1.29 is 14.3 Å². The monoisotopic (exact) mass is 464 g/mol. The molecule has 1 heterocycles. The van der Waals surface area contributed by atoms with E-state index in [1.165, 1.54) is 0 Å². The molecule has 0 aliphatic rings. The second-order valence-electron chi connectivity index (χ2n) is 5.51. The van der Waals surface area contributed by atoms with Gasteiger partial charge < -0.3 is 14.8 Å². The van der Waals surface area contributed by atoms with Crippen LogP contribution in [-0.4, -0.2) is 16.1 Å². The number of benzene rings is 2. The van der Waals surface area contributed by atoms with Crippen molar-refractivity contribution in [3.63, 3.8) is 0 Å². The van der Waals surface area contributed by atoms with Crippen molar-refractivity contribution in [2.45, 2.75) is 6.61 Å². The van der Waals surface area contributed by atoms with E-state index in [4.69, 9.17) is 33.3 Å². The van der Waals surface area contributed by atoms with Gasteiger partial charge in [0.05, 0.1) is 16.3 Å². The Morgan fingerprint density at radius 3 is 2.67 bits per heavy atom. The van der Waals surface area contributed by atoms with E-state index in [2.05, 4.69) is 26.6 Å². The highest BCUT2D eigenvalue weighted by atomic mass is 79.9. The SMILES string of the molecule is O=C(NC(=S)Nc1cc(-c2ccc(CO)o2)ccc1Cl)c1ccccc1Br. The average molecular weight is 466 g/mol. The number of furan rings is 1. The molecule has 1 amide bonds. The topological polar surface area (TPSA) is 74.5 Å². The van der Waals surface area contributed by atoms with E-state index >= 15 is 0 Å². The van der Waals surface area contributed by atoms with E-state index in [1.54, 1.807) is 48.5 Å². The molecule has 0 radical (unpaired) electrons. The summed E-state index contributed by atoms with van der Waals surface area (Å²) in [5.74, 6) is 0.707. The Kier molecular flexibility index (Phi) is 6.28. The molecule has 8 heteroatoms. The van der Waals surface area contributed by atoms with Crippen molar-refractivity contribution in [3.8, 4) is 11.3 Å². The molecule has 0 unspecified atom stereocenters. The first kappa shape index (κ1) is 19.6. The van der Waals surface area contributed by atoms with Gasteiger partial charge in [-0.15, -0.1) is 0 Å². The lowest BCUT2D eigenvalue weighted by atomic mass is 10.1. The van der Waals surface area contributed by atoms with Gasteiger partial charge in [-0.3, -0.25) is 10.1 Å². The summed E-state index contributed by atoms with van der Waals surface area (Å²) in [6.07, 6.45) is 0. The summed E-state index contributed by atoms with van der Waals surface area (Å²) < 4.78 is 6.19. The zero-order chi connectivity index (χ0) is 19.4. The first-order valence-electron chi connectivity index (χ1n) is 7.84. The van der Waals surface area contributed by atoms with Gasteiger partial charge >= 0.3 is 0 Å². The number of thiocarbonyl (C=S) groups is 1. The highest BCUT2D eigenvalue weighted by Crippen LogP contribution is 2.30. The minimum Gasteiger partial charge on any atom is -0.459 e. The van der Waals surface area contributed by atoms with Crippen LogP contribution in [-0.2, 0) is 6.61 Å². The molecule has 0 aliphatic carbocycles. The lowest BCUT2D eigenvalue weighted by Gasteiger charge is -2.12. The Labute approximate surface area is 174 Å². The first-order chi connectivity index (χ1) is 13.0. The molecule has 0 atom stereocenters. The van der Waals surface area contributed by atoms with Crippen LogP contribution >= 0.6 is 39.7 Å². The minimum atomic E-state index is -0.342. The molecule has 5 nitrogen and oxygen atoms in total. The fourth-order valence-electron chi connectivity index (χ4n) is 2.36. The summed E-state index contributed by atoms with van der Waals surface area (Å²) in [5.41, 5.74) is 1.74. The predicted octanol–water partition coefficient (Wildman–Crippen LogP) is 4.98. The lowest BCUT2D eigenvalue weighted by molar-refractivity contribution is 0.0977. The summed E-state index contributed by atoms with van der Waals surface area (Å²) in [6.45, 7) is -0.177. The third kappa shape index (κ3) is 4.75. The van der Waals surface area contributed by atoms with Crippen LogP contribution in [0.5, 0.6) is 0 Å². The second kappa shape index (κ2) is 8.67. The van der Waals surface area contributed by atoms with Gasteiger partial charge in [-0.2, -0.15) is 0 Å². The highest BCUT2D eigenvalue weighted by molar-refractivity contribution is 9.10. The van der Waals surface area contributed by atoms with Gasteiger partial charge in [-0.1, -0.05) is 23.7 Å². The third-order valence-corrected chi connectivity index (χ3v) is 4.89. The van der Waals surface area contributed by atoms with E-state index in [1.807, 2.05) is 6.07 Å². The lowest BCUT2D eigenvalue weighted by Crippen LogP contribution is -2.34. The summed E-state index contributed by atoms with van der Waals surface area (Å²) in [4.78, 5) is 12.3. The van der Waals surface area contributed by atoms with Crippen LogP contribution in [0.2, 0.25) is 5.02 Å². The zero-order valence-corrected chi connectivity index (χ0v) is 17.0. The van der Waals surface area contributed by atoms with Crippen molar-refractivity contribution in [1.82, 2.24) is 5.32 Å². The maximum atomic E-state index is 12.3. The zero-order valence-electron chi connectivity index (χ0n) is 13.8. The number of carbonyl (C=O) groups is 1. The molecule has 138 valence electrons.